The topological polar surface area (TPSA) is 27.6 Å². The van der Waals surface area contributed by atoms with Crippen LogP contribution in [0.4, 0.5) is 4.39 Å². The minimum Gasteiger partial charge on any atom is -0.356 e. The van der Waals surface area contributed by atoms with Gasteiger partial charge < -0.3 is 10.2 Å². The van der Waals surface area contributed by atoms with Gasteiger partial charge in [-0.15, -0.1) is 24.0 Å². The molecule has 0 bridgehead atoms. The van der Waals surface area contributed by atoms with Gasteiger partial charge in [0.25, 0.3) is 0 Å². The first-order chi connectivity index (χ1) is 10.00. The first-order valence-corrected chi connectivity index (χ1v) is 8.33. The number of hydrogen-bond acceptors (Lipinski definition) is 2. The molecule has 0 saturated carbocycles. The van der Waals surface area contributed by atoms with Gasteiger partial charge in [0.2, 0.25) is 0 Å². The predicted octanol–water partition coefficient (Wildman–Crippen LogP) is 3.39. The maximum Gasteiger partial charge on any atom is 0.193 e. The minimum absolute atomic E-state index is 0. The third kappa shape index (κ3) is 5.95. The molecule has 1 aromatic rings. The molecule has 0 aromatic heterocycles. The van der Waals surface area contributed by atoms with Gasteiger partial charge in [0.05, 0.1) is 0 Å². The molecule has 0 unspecified atom stereocenters. The summed E-state index contributed by atoms with van der Waals surface area (Å²) in [4.78, 5) is 6.68. The molecule has 1 aliphatic heterocycles. The fraction of sp³-hybridized carbons (Fsp3) is 0.562. The van der Waals surface area contributed by atoms with Crippen molar-refractivity contribution < 1.29 is 4.39 Å². The van der Waals surface area contributed by atoms with Gasteiger partial charge >= 0.3 is 0 Å². The van der Waals surface area contributed by atoms with Gasteiger partial charge in [0, 0.05) is 37.2 Å². The van der Waals surface area contributed by atoms with Crippen molar-refractivity contribution in [2.24, 2.45) is 4.99 Å². The number of thioether (sulfide) groups is 1. The Labute approximate surface area is 154 Å². The minimum atomic E-state index is -0.174. The Hall–Kier alpha value is -0.500. The Morgan fingerprint density at radius 2 is 2.23 bits per heavy atom. The highest BCUT2D eigenvalue weighted by Gasteiger charge is 2.28. The molecule has 0 atom stereocenters. The van der Waals surface area contributed by atoms with Crippen LogP contribution in [-0.2, 0) is 6.42 Å². The van der Waals surface area contributed by atoms with Gasteiger partial charge in [0.1, 0.15) is 5.82 Å². The van der Waals surface area contributed by atoms with Crippen molar-refractivity contribution in [1.29, 1.82) is 0 Å². The van der Waals surface area contributed by atoms with Crippen LogP contribution in [0.3, 0.4) is 0 Å². The number of guanidine groups is 1. The van der Waals surface area contributed by atoms with Gasteiger partial charge in [0.15, 0.2) is 5.96 Å². The highest BCUT2D eigenvalue weighted by atomic mass is 127. The van der Waals surface area contributed by atoms with Gasteiger partial charge in [-0.05, 0) is 38.0 Å². The number of nitrogens with zero attached hydrogens (tertiary/aromatic N) is 2. The second kappa shape index (κ2) is 8.96. The summed E-state index contributed by atoms with van der Waals surface area (Å²) in [6, 6.07) is 6.77. The molecule has 2 rings (SSSR count). The lowest BCUT2D eigenvalue weighted by atomic mass is 10.1. The monoisotopic (exact) mass is 437 g/mol. The molecule has 6 heteroatoms. The maximum absolute atomic E-state index is 13.1. The highest BCUT2D eigenvalue weighted by Crippen LogP contribution is 2.29. The average Bonchev–Trinajstić information content (AvgIpc) is 2.42. The highest BCUT2D eigenvalue weighted by molar-refractivity contribution is 14.0. The quantitative estimate of drug-likeness (QED) is 0.447. The van der Waals surface area contributed by atoms with Crippen molar-refractivity contribution in [3.05, 3.63) is 35.6 Å². The second-order valence-electron chi connectivity index (χ2n) is 5.88. The second-order valence-corrected chi connectivity index (χ2v) is 7.69. The zero-order valence-corrected chi connectivity index (χ0v) is 16.6. The smallest absolute Gasteiger partial charge is 0.193 e. The molecule has 0 aliphatic carbocycles. The number of rotatable bonds is 3. The molecular formula is C16H25FIN3S. The number of aliphatic imine (C=N–C) groups is 1. The van der Waals surface area contributed by atoms with Crippen molar-refractivity contribution in [2.75, 3.05) is 32.4 Å². The molecule has 0 spiro atoms. The van der Waals surface area contributed by atoms with Crippen LogP contribution in [0, 0.1) is 5.82 Å². The van der Waals surface area contributed by atoms with E-state index < -0.39 is 0 Å². The van der Waals surface area contributed by atoms with Crippen molar-refractivity contribution in [3.8, 4) is 0 Å². The Morgan fingerprint density at radius 3 is 2.86 bits per heavy atom. The van der Waals surface area contributed by atoms with E-state index in [4.69, 9.17) is 0 Å². The summed E-state index contributed by atoms with van der Waals surface area (Å²) in [6.07, 6.45) is 0.794. The van der Waals surface area contributed by atoms with Gasteiger partial charge in [-0.25, -0.2) is 4.39 Å². The van der Waals surface area contributed by atoms with E-state index in [1.807, 2.05) is 24.9 Å². The fourth-order valence-corrected chi connectivity index (χ4v) is 3.65. The van der Waals surface area contributed by atoms with Crippen molar-refractivity contribution in [1.82, 2.24) is 10.2 Å². The van der Waals surface area contributed by atoms with E-state index >= 15 is 0 Å². The van der Waals surface area contributed by atoms with Gasteiger partial charge in [-0.3, -0.25) is 4.99 Å². The molecule has 124 valence electrons. The summed E-state index contributed by atoms with van der Waals surface area (Å²) in [5.74, 6) is 1.89. The zero-order valence-electron chi connectivity index (χ0n) is 13.4. The standard InChI is InChI=1S/C16H24FN3S.HI/c1-16(2)12-20(9-10-21-16)15(18-3)19-8-7-13-5-4-6-14(17)11-13;/h4-6,11H,7-10,12H2,1-3H3,(H,18,19);1H. The maximum atomic E-state index is 13.1. The van der Waals surface area contributed by atoms with Crippen LogP contribution in [0.5, 0.6) is 0 Å². The van der Waals surface area contributed by atoms with Crippen LogP contribution in [0.2, 0.25) is 0 Å². The summed E-state index contributed by atoms with van der Waals surface area (Å²) in [5, 5.41) is 3.39. The number of nitrogens with one attached hydrogen (secondary N) is 1. The first kappa shape index (κ1) is 19.5. The molecule has 1 aromatic carbocycles. The van der Waals surface area contributed by atoms with E-state index in [1.54, 1.807) is 12.1 Å². The summed E-state index contributed by atoms with van der Waals surface area (Å²) in [6.45, 7) is 7.32. The molecule has 22 heavy (non-hydrogen) atoms. The Morgan fingerprint density at radius 1 is 1.45 bits per heavy atom. The molecular weight excluding hydrogens is 412 g/mol. The molecule has 1 fully saturated rings. The van der Waals surface area contributed by atoms with Crippen molar-refractivity contribution in [2.45, 2.75) is 25.0 Å². The van der Waals surface area contributed by atoms with Crippen molar-refractivity contribution in [3.63, 3.8) is 0 Å². The van der Waals surface area contributed by atoms with E-state index in [0.29, 0.717) is 0 Å². The van der Waals surface area contributed by atoms with E-state index in [2.05, 4.69) is 29.1 Å². The normalized spacial score (nSPS) is 17.8. The number of hydrogen-bond donors (Lipinski definition) is 1. The largest absolute Gasteiger partial charge is 0.356 e. The molecule has 1 aliphatic rings. The lowest BCUT2D eigenvalue weighted by molar-refractivity contribution is 0.376. The van der Waals surface area contributed by atoms with Gasteiger partial charge in [-0.1, -0.05) is 12.1 Å². The average molecular weight is 437 g/mol. The van der Waals surface area contributed by atoms with E-state index in [1.165, 1.54) is 6.07 Å². The molecule has 3 nitrogen and oxygen atoms in total. The van der Waals surface area contributed by atoms with E-state index in [-0.39, 0.29) is 34.5 Å². The SMILES string of the molecule is CN=C(NCCc1cccc(F)c1)N1CCSC(C)(C)C1.I. The molecule has 0 radical (unpaired) electrons. The van der Waals surface area contributed by atoms with Crippen LogP contribution in [0.1, 0.15) is 19.4 Å². The van der Waals surface area contributed by atoms with Crippen LogP contribution in [-0.4, -0.2) is 48.0 Å². The number of benzene rings is 1. The lowest BCUT2D eigenvalue weighted by Crippen LogP contribution is -2.51. The van der Waals surface area contributed by atoms with Gasteiger partial charge in [-0.2, -0.15) is 11.8 Å². The zero-order chi connectivity index (χ0) is 15.3. The number of halogens is 2. The summed E-state index contributed by atoms with van der Waals surface area (Å²) >= 11 is 2.01. The Balaban J connectivity index is 0.00000242. The Bertz CT molecular complexity index is 508. The molecule has 0 amide bonds. The van der Waals surface area contributed by atoms with E-state index in [0.717, 1.165) is 43.3 Å². The summed E-state index contributed by atoms with van der Waals surface area (Å²) in [7, 11) is 1.82. The summed E-state index contributed by atoms with van der Waals surface area (Å²) in [5.41, 5.74) is 1.01. The van der Waals surface area contributed by atoms with E-state index in [9.17, 15) is 4.39 Å². The third-order valence-corrected chi connectivity index (χ3v) is 4.82. The third-order valence-electron chi connectivity index (χ3n) is 3.52. The summed E-state index contributed by atoms with van der Waals surface area (Å²) < 4.78 is 13.4. The van der Waals surface area contributed by atoms with Crippen LogP contribution in [0.25, 0.3) is 0 Å². The lowest BCUT2D eigenvalue weighted by Gasteiger charge is -2.39. The fourth-order valence-electron chi connectivity index (χ4n) is 2.54. The Kier molecular flexibility index (Phi) is 7.96. The predicted molar refractivity (Wildman–Crippen MR) is 105 cm³/mol. The molecule has 1 heterocycles. The molecule has 1 saturated heterocycles. The van der Waals surface area contributed by atoms with Crippen LogP contribution < -0.4 is 5.32 Å². The first-order valence-electron chi connectivity index (χ1n) is 7.34. The van der Waals surface area contributed by atoms with Crippen molar-refractivity contribution >= 4 is 41.7 Å². The van der Waals surface area contributed by atoms with Crippen LogP contribution >= 0.6 is 35.7 Å². The molecule has 1 N–H and O–H groups in total. The van der Waals surface area contributed by atoms with Crippen LogP contribution in [0.15, 0.2) is 29.3 Å².